The number of amides is 1. The maximum atomic E-state index is 12.2. The van der Waals surface area contributed by atoms with Crippen molar-refractivity contribution in [3.05, 3.63) is 82.2 Å². The normalized spacial score (nSPS) is 11.1. The summed E-state index contributed by atoms with van der Waals surface area (Å²) in [5, 5.41) is 4.18. The Bertz CT molecular complexity index is 1060. The molecule has 1 aromatic heterocycles. The molecule has 0 aliphatic rings. The molecule has 0 fully saturated rings. The fraction of sp³-hybridized carbons (Fsp3) is 0.280. The molecule has 0 bridgehead atoms. The van der Waals surface area contributed by atoms with Crippen LogP contribution in [0.15, 0.2) is 53.6 Å². The molecule has 3 aromatic rings. The lowest BCUT2D eigenvalue weighted by molar-refractivity contribution is -0.120. The topological polar surface area (TPSA) is 55.6 Å². The Morgan fingerprint density at radius 1 is 1.13 bits per heavy atom. The van der Waals surface area contributed by atoms with Gasteiger partial charge in [0.05, 0.1) is 25.4 Å². The van der Waals surface area contributed by atoms with Crippen LogP contribution in [0, 0.1) is 20.8 Å². The van der Waals surface area contributed by atoms with E-state index in [1.807, 2.05) is 24.3 Å². The Morgan fingerprint density at radius 3 is 2.53 bits per heavy atom. The Kier molecular flexibility index (Phi) is 6.72. The summed E-state index contributed by atoms with van der Waals surface area (Å²) < 4.78 is 7.41. The van der Waals surface area contributed by atoms with Gasteiger partial charge in [-0.15, -0.1) is 0 Å². The molecular formula is C25H29N3O2. The molecule has 156 valence electrons. The Morgan fingerprint density at radius 2 is 1.87 bits per heavy atom. The average molecular weight is 404 g/mol. The van der Waals surface area contributed by atoms with Gasteiger partial charge in [-0.3, -0.25) is 4.79 Å². The predicted molar refractivity (Wildman–Crippen MR) is 122 cm³/mol. The van der Waals surface area contributed by atoms with Crippen LogP contribution in [0.3, 0.4) is 0 Å². The smallest absolute Gasteiger partial charge is 0.244 e. The molecular weight excluding hydrogens is 374 g/mol. The van der Waals surface area contributed by atoms with Gasteiger partial charge in [-0.1, -0.05) is 37.3 Å². The van der Waals surface area contributed by atoms with Gasteiger partial charge in [0, 0.05) is 17.0 Å². The average Bonchev–Trinajstić information content (AvgIpc) is 3.01. The quantitative estimate of drug-likeness (QED) is 0.460. The maximum absolute atomic E-state index is 12.2. The first kappa shape index (κ1) is 21.4. The number of aryl methyl sites for hydroxylation is 3. The van der Waals surface area contributed by atoms with Gasteiger partial charge in [0.1, 0.15) is 5.75 Å². The molecule has 0 atom stereocenters. The molecule has 30 heavy (non-hydrogen) atoms. The van der Waals surface area contributed by atoms with E-state index in [-0.39, 0.29) is 12.3 Å². The van der Waals surface area contributed by atoms with Crippen molar-refractivity contribution in [1.29, 1.82) is 0 Å². The standard InChI is InChI=1S/C25H29N3O2/c1-6-21-9-7-8-17(2)25(21)28-18(3)14-22(19(28)4)16-26-27-24(29)15-20-10-12-23(30-5)13-11-20/h7-14,16H,6,15H2,1-5H3,(H,27,29)/b26-16+. The van der Waals surface area contributed by atoms with Crippen LogP contribution in [0.5, 0.6) is 5.75 Å². The lowest BCUT2D eigenvalue weighted by atomic mass is 10.1. The number of para-hydroxylation sites is 1. The second-order valence-electron chi connectivity index (χ2n) is 7.42. The number of carbonyl (C=O) groups is 1. The van der Waals surface area contributed by atoms with E-state index in [1.54, 1.807) is 13.3 Å². The molecule has 0 aliphatic heterocycles. The molecule has 5 heteroatoms. The molecule has 5 nitrogen and oxygen atoms in total. The fourth-order valence-electron chi connectivity index (χ4n) is 3.73. The van der Waals surface area contributed by atoms with Gasteiger partial charge < -0.3 is 9.30 Å². The highest BCUT2D eigenvalue weighted by molar-refractivity contribution is 5.85. The van der Waals surface area contributed by atoms with E-state index >= 15 is 0 Å². The summed E-state index contributed by atoms with van der Waals surface area (Å²) >= 11 is 0. The third kappa shape index (κ3) is 4.62. The van der Waals surface area contributed by atoms with Crippen molar-refractivity contribution in [1.82, 2.24) is 9.99 Å². The minimum Gasteiger partial charge on any atom is -0.497 e. The van der Waals surface area contributed by atoms with Crippen molar-refractivity contribution in [2.75, 3.05) is 7.11 Å². The third-order valence-electron chi connectivity index (χ3n) is 5.31. The SMILES string of the molecule is CCc1cccc(C)c1-n1c(C)cc(/C=N/NC(=O)Cc2ccc(OC)cc2)c1C. The molecule has 1 heterocycles. The summed E-state index contributed by atoms with van der Waals surface area (Å²) in [4.78, 5) is 12.2. The number of rotatable bonds is 7. The van der Waals surface area contributed by atoms with Gasteiger partial charge in [0.25, 0.3) is 0 Å². The first-order valence-corrected chi connectivity index (χ1v) is 10.2. The monoisotopic (exact) mass is 403 g/mol. The Balaban J connectivity index is 1.74. The van der Waals surface area contributed by atoms with E-state index in [0.29, 0.717) is 0 Å². The van der Waals surface area contributed by atoms with E-state index in [2.05, 4.69) is 67.1 Å². The summed E-state index contributed by atoms with van der Waals surface area (Å²) in [5.41, 5.74) is 10.6. The second-order valence-corrected chi connectivity index (χ2v) is 7.42. The largest absolute Gasteiger partial charge is 0.497 e. The van der Waals surface area contributed by atoms with Crippen LogP contribution < -0.4 is 10.2 Å². The minimum atomic E-state index is -0.155. The summed E-state index contributed by atoms with van der Waals surface area (Å²) in [5.74, 6) is 0.616. The predicted octanol–water partition coefficient (Wildman–Crippen LogP) is 4.67. The molecule has 0 aliphatic carbocycles. The zero-order valence-electron chi connectivity index (χ0n) is 18.3. The second kappa shape index (κ2) is 9.44. The lowest BCUT2D eigenvalue weighted by Gasteiger charge is -2.17. The van der Waals surface area contributed by atoms with Gasteiger partial charge >= 0.3 is 0 Å². The lowest BCUT2D eigenvalue weighted by Crippen LogP contribution is -2.19. The number of ether oxygens (including phenoxy) is 1. The number of hydrogen-bond donors (Lipinski definition) is 1. The Labute approximate surface area is 178 Å². The van der Waals surface area contributed by atoms with E-state index in [4.69, 9.17) is 4.74 Å². The number of nitrogens with one attached hydrogen (secondary N) is 1. The first-order chi connectivity index (χ1) is 14.4. The van der Waals surface area contributed by atoms with Crippen molar-refractivity contribution in [3.8, 4) is 11.4 Å². The number of carbonyl (C=O) groups excluding carboxylic acids is 1. The highest BCUT2D eigenvalue weighted by atomic mass is 16.5. The molecule has 3 rings (SSSR count). The highest BCUT2D eigenvalue weighted by Gasteiger charge is 2.14. The first-order valence-electron chi connectivity index (χ1n) is 10.2. The van der Waals surface area contributed by atoms with Crippen LogP contribution in [-0.4, -0.2) is 23.8 Å². The Hall–Kier alpha value is -3.34. The van der Waals surface area contributed by atoms with Crippen molar-refractivity contribution in [2.45, 2.75) is 40.5 Å². The van der Waals surface area contributed by atoms with Crippen LogP contribution in [0.1, 0.15) is 40.6 Å². The molecule has 0 unspecified atom stereocenters. The molecule has 0 saturated carbocycles. The number of hydrazone groups is 1. The molecule has 0 saturated heterocycles. The van der Waals surface area contributed by atoms with Crippen molar-refractivity contribution >= 4 is 12.1 Å². The number of hydrogen-bond acceptors (Lipinski definition) is 3. The zero-order valence-corrected chi connectivity index (χ0v) is 18.3. The highest BCUT2D eigenvalue weighted by Crippen LogP contribution is 2.26. The fourth-order valence-corrected chi connectivity index (χ4v) is 3.73. The van der Waals surface area contributed by atoms with Gasteiger partial charge in [-0.05, 0) is 62.1 Å². The molecule has 0 spiro atoms. The molecule has 1 N–H and O–H groups in total. The van der Waals surface area contributed by atoms with E-state index < -0.39 is 0 Å². The van der Waals surface area contributed by atoms with E-state index in [1.165, 1.54) is 16.8 Å². The van der Waals surface area contributed by atoms with E-state index in [9.17, 15) is 4.79 Å². The molecule has 2 aromatic carbocycles. The summed E-state index contributed by atoms with van der Waals surface area (Å²) in [7, 11) is 1.62. The van der Waals surface area contributed by atoms with Gasteiger partial charge in [0.2, 0.25) is 5.91 Å². The summed E-state index contributed by atoms with van der Waals surface area (Å²) in [6.07, 6.45) is 2.96. The molecule has 1 amide bonds. The number of methoxy groups -OCH3 is 1. The van der Waals surface area contributed by atoms with Crippen molar-refractivity contribution < 1.29 is 9.53 Å². The number of aromatic nitrogens is 1. The van der Waals surface area contributed by atoms with Crippen LogP contribution >= 0.6 is 0 Å². The van der Waals surface area contributed by atoms with Crippen molar-refractivity contribution in [2.24, 2.45) is 5.10 Å². The number of benzene rings is 2. The van der Waals surface area contributed by atoms with Crippen LogP contribution in [0.4, 0.5) is 0 Å². The van der Waals surface area contributed by atoms with Gasteiger partial charge in [-0.2, -0.15) is 5.10 Å². The molecule has 0 radical (unpaired) electrons. The van der Waals surface area contributed by atoms with Gasteiger partial charge in [0.15, 0.2) is 0 Å². The van der Waals surface area contributed by atoms with Gasteiger partial charge in [-0.25, -0.2) is 5.43 Å². The zero-order chi connectivity index (χ0) is 21.7. The van der Waals surface area contributed by atoms with Crippen LogP contribution in [0.25, 0.3) is 5.69 Å². The summed E-state index contributed by atoms with van der Waals surface area (Å²) in [6.45, 7) is 8.49. The van der Waals surface area contributed by atoms with Crippen LogP contribution in [-0.2, 0) is 17.6 Å². The van der Waals surface area contributed by atoms with E-state index in [0.717, 1.165) is 34.7 Å². The minimum absolute atomic E-state index is 0.155. The number of nitrogens with zero attached hydrogens (tertiary/aromatic N) is 2. The van der Waals surface area contributed by atoms with Crippen molar-refractivity contribution in [3.63, 3.8) is 0 Å². The maximum Gasteiger partial charge on any atom is 0.244 e. The summed E-state index contributed by atoms with van der Waals surface area (Å²) in [6, 6.07) is 16.0. The van der Waals surface area contributed by atoms with Crippen LogP contribution in [0.2, 0.25) is 0 Å². The third-order valence-corrected chi connectivity index (χ3v) is 5.31.